The molecule has 0 spiro atoms. The Morgan fingerprint density at radius 3 is 2.81 bits per heavy atom. The summed E-state index contributed by atoms with van der Waals surface area (Å²) in [6, 6.07) is 6.34. The Balaban J connectivity index is 2.93. The third kappa shape index (κ3) is 2.86. The van der Waals surface area contributed by atoms with E-state index in [2.05, 4.69) is 5.16 Å². The van der Waals surface area contributed by atoms with Gasteiger partial charge in [0, 0.05) is 6.07 Å². The van der Waals surface area contributed by atoms with Gasteiger partial charge in [-0.05, 0) is 13.0 Å². The number of nitro benzene ring substituents is 1. The fraction of sp³-hybridized carbons (Fsp3) is 0.222. The minimum Gasteiger partial charge on any atom is -0.409 e. The number of nitrogens with zero attached hydrogens (tertiary/aromatic N) is 2. The van der Waals surface area contributed by atoms with Crippen molar-refractivity contribution >= 4 is 23.3 Å². The molecular formula is C9H11N3O3S. The second-order valence-electron chi connectivity index (χ2n) is 3.01. The number of benzene rings is 1. The van der Waals surface area contributed by atoms with Gasteiger partial charge in [-0.15, -0.1) is 11.8 Å². The third-order valence-corrected chi connectivity index (χ3v) is 3.09. The van der Waals surface area contributed by atoms with E-state index in [-0.39, 0.29) is 16.8 Å². The van der Waals surface area contributed by atoms with Gasteiger partial charge >= 0.3 is 0 Å². The van der Waals surface area contributed by atoms with E-state index in [0.29, 0.717) is 4.90 Å². The molecular weight excluding hydrogens is 230 g/mol. The Labute approximate surface area is 96.3 Å². The first-order valence-corrected chi connectivity index (χ1v) is 5.31. The van der Waals surface area contributed by atoms with Gasteiger partial charge in [-0.2, -0.15) is 0 Å². The Morgan fingerprint density at radius 1 is 1.62 bits per heavy atom. The molecule has 0 aliphatic rings. The minimum absolute atomic E-state index is 0.0186. The van der Waals surface area contributed by atoms with Crippen LogP contribution >= 0.6 is 11.8 Å². The number of nitro groups is 1. The first-order chi connectivity index (χ1) is 7.56. The normalized spacial score (nSPS) is 13.4. The molecule has 0 bridgehead atoms. The number of hydrogen-bond donors (Lipinski definition) is 2. The van der Waals surface area contributed by atoms with Crippen LogP contribution in [-0.4, -0.2) is 21.2 Å². The summed E-state index contributed by atoms with van der Waals surface area (Å²) >= 11 is 1.17. The lowest BCUT2D eigenvalue weighted by atomic mass is 10.3. The average Bonchev–Trinajstić information content (AvgIpc) is 2.28. The highest BCUT2D eigenvalue weighted by Crippen LogP contribution is 2.31. The molecule has 16 heavy (non-hydrogen) atoms. The average molecular weight is 241 g/mol. The summed E-state index contributed by atoms with van der Waals surface area (Å²) in [6.07, 6.45) is 0. The third-order valence-electron chi connectivity index (χ3n) is 1.90. The first kappa shape index (κ1) is 12.3. The molecule has 1 unspecified atom stereocenters. The molecule has 0 aliphatic heterocycles. The van der Waals surface area contributed by atoms with Gasteiger partial charge in [-0.25, -0.2) is 0 Å². The zero-order chi connectivity index (χ0) is 12.1. The van der Waals surface area contributed by atoms with Crippen molar-refractivity contribution < 1.29 is 10.1 Å². The SMILES string of the molecule is CC(Sc1ccccc1[N+](=O)[O-])C(N)=NO. The topological polar surface area (TPSA) is 102 Å². The van der Waals surface area contributed by atoms with Crippen molar-refractivity contribution in [2.24, 2.45) is 10.9 Å². The molecule has 0 saturated heterocycles. The predicted molar refractivity (Wildman–Crippen MR) is 61.8 cm³/mol. The smallest absolute Gasteiger partial charge is 0.282 e. The van der Waals surface area contributed by atoms with Gasteiger partial charge in [-0.1, -0.05) is 17.3 Å². The Hall–Kier alpha value is -1.76. The second kappa shape index (κ2) is 5.36. The summed E-state index contributed by atoms with van der Waals surface area (Å²) in [5, 5.41) is 21.7. The summed E-state index contributed by atoms with van der Waals surface area (Å²) in [4.78, 5) is 10.8. The van der Waals surface area contributed by atoms with Crippen LogP contribution in [-0.2, 0) is 0 Å². The van der Waals surface area contributed by atoms with Crippen molar-refractivity contribution in [1.29, 1.82) is 0 Å². The molecule has 6 nitrogen and oxygen atoms in total. The summed E-state index contributed by atoms with van der Waals surface area (Å²) in [6.45, 7) is 1.70. The number of thioether (sulfide) groups is 1. The quantitative estimate of drug-likeness (QED) is 0.209. The Kier molecular flexibility index (Phi) is 4.12. The minimum atomic E-state index is -0.457. The van der Waals surface area contributed by atoms with Crippen LogP contribution in [0, 0.1) is 10.1 Å². The molecule has 0 amide bonds. The fourth-order valence-corrected chi connectivity index (χ4v) is 2.01. The number of para-hydroxylation sites is 1. The molecule has 0 heterocycles. The van der Waals surface area contributed by atoms with E-state index in [1.165, 1.54) is 17.8 Å². The van der Waals surface area contributed by atoms with E-state index in [1.54, 1.807) is 25.1 Å². The van der Waals surface area contributed by atoms with Crippen molar-refractivity contribution in [3.05, 3.63) is 34.4 Å². The van der Waals surface area contributed by atoms with Crippen LogP contribution in [0.5, 0.6) is 0 Å². The van der Waals surface area contributed by atoms with Gasteiger partial charge in [0.05, 0.1) is 15.1 Å². The lowest BCUT2D eigenvalue weighted by Crippen LogP contribution is -2.23. The van der Waals surface area contributed by atoms with Gasteiger partial charge in [0.2, 0.25) is 0 Å². The van der Waals surface area contributed by atoms with E-state index in [4.69, 9.17) is 10.9 Å². The maximum Gasteiger partial charge on any atom is 0.282 e. The highest BCUT2D eigenvalue weighted by atomic mass is 32.2. The predicted octanol–water partition coefficient (Wildman–Crippen LogP) is 1.82. The van der Waals surface area contributed by atoms with E-state index >= 15 is 0 Å². The maximum absolute atomic E-state index is 10.7. The first-order valence-electron chi connectivity index (χ1n) is 4.43. The molecule has 7 heteroatoms. The van der Waals surface area contributed by atoms with Crippen LogP contribution in [0.3, 0.4) is 0 Å². The molecule has 86 valence electrons. The zero-order valence-electron chi connectivity index (χ0n) is 8.53. The zero-order valence-corrected chi connectivity index (χ0v) is 9.35. The summed E-state index contributed by atoms with van der Waals surface area (Å²) in [5.41, 5.74) is 5.42. The van der Waals surface area contributed by atoms with E-state index in [1.807, 2.05) is 0 Å². The maximum atomic E-state index is 10.7. The number of amidine groups is 1. The monoisotopic (exact) mass is 241 g/mol. The van der Waals surface area contributed by atoms with Crippen LogP contribution < -0.4 is 5.73 Å². The van der Waals surface area contributed by atoms with Crippen LogP contribution in [0.15, 0.2) is 34.3 Å². The fourth-order valence-electron chi connectivity index (χ4n) is 1.04. The number of rotatable bonds is 4. The number of oxime groups is 1. The van der Waals surface area contributed by atoms with Crippen molar-refractivity contribution in [2.75, 3.05) is 0 Å². The largest absolute Gasteiger partial charge is 0.409 e. The second-order valence-corrected chi connectivity index (χ2v) is 4.39. The molecule has 0 aromatic heterocycles. The van der Waals surface area contributed by atoms with Gasteiger partial charge < -0.3 is 10.9 Å². The van der Waals surface area contributed by atoms with Gasteiger partial charge in [0.1, 0.15) is 0 Å². The van der Waals surface area contributed by atoms with Crippen molar-refractivity contribution in [3.63, 3.8) is 0 Å². The van der Waals surface area contributed by atoms with Gasteiger partial charge in [0.15, 0.2) is 5.84 Å². The van der Waals surface area contributed by atoms with Gasteiger partial charge in [0.25, 0.3) is 5.69 Å². The summed E-state index contributed by atoms with van der Waals surface area (Å²) in [7, 11) is 0. The number of nitrogens with two attached hydrogens (primary N) is 1. The van der Waals surface area contributed by atoms with Gasteiger partial charge in [-0.3, -0.25) is 10.1 Å². The van der Waals surface area contributed by atoms with Crippen LogP contribution in [0.2, 0.25) is 0 Å². The van der Waals surface area contributed by atoms with Crippen molar-refractivity contribution in [3.8, 4) is 0 Å². The lowest BCUT2D eigenvalue weighted by molar-refractivity contribution is -0.387. The molecule has 3 N–H and O–H groups in total. The summed E-state index contributed by atoms with van der Waals surface area (Å²) < 4.78 is 0. The van der Waals surface area contributed by atoms with Crippen LogP contribution in [0.1, 0.15) is 6.92 Å². The molecule has 1 aromatic carbocycles. The molecule has 0 aliphatic carbocycles. The number of hydrogen-bond acceptors (Lipinski definition) is 5. The van der Waals surface area contributed by atoms with Crippen molar-refractivity contribution in [1.82, 2.24) is 0 Å². The van der Waals surface area contributed by atoms with Crippen LogP contribution in [0.4, 0.5) is 5.69 Å². The molecule has 1 atom stereocenters. The lowest BCUT2D eigenvalue weighted by Gasteiger charge is -2.08. The molecule has 1 aromatic rings. The highest BCUT2D eigenvalue weighted by molar-refractivity contribution is 8.00. The summed E-state index contributed by atoms with van der Waals surface area (Å²) in [5.74, 6) is 0.0307. The standard InChI is InChI=1S/C9H11N3O3S/c1-6(9(10)11-13)16-8-5-3-2-4-7(8)12(14)15/h2-6,13H,1H3,(H2,10,11). The molecule has 0 saturated carbocycles. The van der Waals surface area contributed by atoms with E-state index in [0.717, 1.165) is 0 Å². The van der Waals surface area contributed by atoms with Crippen LogP contribution in [0.25, 0.3) is 0 Å². The molecule has 0 radical (unpaired) electrons. The molecule has 0 fully saturated rings. The highest BCUT2D eigenvalue weighted by Gasteiger charge is 2.17. The Morgan fingerprint density at radius 2 is 2.25 bits per heavy atom. The Bertz CT molecular complexity index is 422. The van der Waals surface area contributed by atoms with E-state index < -0.39 is 4.92 Å². The van der Waals surface area contributed by atoms with Crippen molar-refractivity contribution in [2.45, 2.75) is 17.1 Å². The van der Waals surface area contributed by atoms with E-state index in [9.17, 15) is 10.1 Å². The molecule has 1 rings (SSSR count).